The summed E-state index contributed by atoms with van der Waals surface area (Å²) in [6.07, 6.45) is 6.48. The van der Waals surface area contributed by atoms with Crippen LogP contribution in [0, 0.1) is 11.9 Å². The van der Waals surface area contributed by atoms with Gasteiger partial charge in [0.05, 0.1) is 19.3 Å². The first-order valence-corrected chi connectivity index (χ1v) is 10.4. The van der Waals surface area contributed by atoms with Crippen LogP contribution in [0.2, 0.25) is 0 Å². The average Bonchev–Trinajstić information content (AvgIpc) is 3.49. The second-order valence-electron chi connectivity index (χ2n) is 8.15. The molecule has 0 aliphatic heterocycles. The van der Waals surface area contributed by atoms with E-state index in [9.17, 15) is 9.18 Å². The van der Waals surface area contributed by atoms with Crippen molar-refractivity contribution in [3.05, 3.63) is 23.6 Å². The second kappa shape index (κ2) is 10.2. The van der Waals surface area contributed by atoms with Gasteiger partial charge in [0.25, 0.3) is 0 Å². The standard InChI is InChI=1S/C21H32FN3O3/c1-14(24-15(2)26)11-23-18-6-8-19(9-7-18)27-13-17-5-10-20(25-21(17)22)28-12-16-3-4-16/h5,10,14,16,18-19,23H,3-4,6-9,11-13H2,1-2H3,(H,24,26)/t14-,18?,19?/m0/s1. The van der Waals surface area contributed by atoms with Crippen LogP contribution in [0.5, 0.6) is 5.88 Å². The Morgan fingerprint density at radius 1 is 1.25 bits per heavy atom. The zero-order valence-corrected chi connectivity index (χ0v) is 16.9. The SMILES string of the molecule is CC(=O)N[C@@H](C)CNC1CCC(OCc2ccc(OCC3CC3)nc2F)CC1. The van der Waals surface area contributed by atoms with Crippen molar-refractivity contribution in [1.82, 2.24) is 15.6 Å². The summed E-state index contributed by atoms with van der Waals surface area (Å²) in [5.41, 5.74) is 0.475. The third-order valence-corrected chi connectivity index (χ3v) is 5.38. The topological polar surface area (TPSA) is 72.5 Å². The largest absolute Gasteiger partial charge is 0.477 e. The predicted octanol–water partition coefficient (Wildman–Crippen LogP) is 2.95. The number of carbonyl (C=O) groups excluding carboxylic acids is 1. The number of nitrogens with zero attached hydrogens (tertiary/aromatic N) is 1. The molecule has 6 nitrogen and oxygen atoms in total. The molecular weight excluding hydrogens is 361 g/mol. The van der Waals surface area contributed by atoms with Crippen LogP contribution in [0.15, 0.2) is 12.1 Å². The van der Waals surface area contributed by atoms with Gasteiger partial charge in [-0.15, -0.1) is 0 Å². The van der Waals surface area contributed by atoms with Crippen LogP contribution in [0.1, 0.15) is 57.9 Å². The molecule has 0 spiro atoms. The van der Waals surface area contributed by atoms with E-state index in [4.69, 9.17) is 9.47 Å². The fourth-order valence-corrected chi connectivity index (χ4v) is 3.50. The maximum absolute atomic E-state index is 14.2. The average molecular weight is 394 g/mol. The Kier molecular flexibility index (Phi) is 7.62. The number of hydrogen-bond acceptors (Lipinski definition) is 5. The highest BCUT2D eigenvalue weighted by Crippen LogP contribution is 2.29. The van der Waals surface area contributed by atoms with Crippen molar-refractivity contribution in [2.45, 2.75) is 77.2 Å². The van der Waals surface area contributed by atoms with Gasteiger partial charge in [-0.25, -0.2) is 0 Å². The van der Waals surface area contributed by atoms with Crippen LogP contribution in [-0.4, -0.2) is 42.2 Å². The van der Waals surface area contributed by atoms with E-state index >= 15 is 0 Å². The number of ether oxygens (including phenoxy) is 2. The molecule has 1 heterocycles. The van der Waals surface area contributed by atoms with Crippen molar-refractivity contribution < 1.29 is 18.7 Å². The Bertz CT molecular complexity index is 646. The van der Waals surface area contributed by atoms with Crippen LogP contribution in [-0.2, 0) is 16.1 Å². The summed E-state index contributed by atoms with van der Waals surface area (Å²) in [5, 5.41) is 6.39. The highest BCUT2D eigenvalue weighted by atomic mass is 19.1. The van der Waals surface area contributed by atoms with E-state index in [1.165, 1.54) is 19.8 Å². The number of amides is 1. The van der Waals surface area contributed by atoms with E-state index < -0.39 is 5.95 Å². The Hall–Kier alpha value is -1.73. The maximum atomic E-state index is 14.2. The van der Waals surface area contributed by atoms with Gasteiger partial charge >= 0.3 is 0 Å². The van der Waals surface area contributed by atoms with Crippen molar-refractivity contribution in [3.63, 3.8) is 0 Å². The summed E-state index contributed by atoms with van der Waals surface area (Å²) in [4.78, 5) is 14.9. The van der Waals surface area contributed by atoms with Gasteiger partial charge in [0.15, 0.2) is 0 Å². The molecule has 2 aliphatic rings. The van der Waals surface area contributed by atoms with E-state index in [2.05, 4.69) is 15.6 Å². The Morgan fingerprint density at radius 3 is 2.64 bits per heavy atom. The third-order valence-electron chi connectivity index (χ3n) is 5.38. The lowest BCUT2D eigenvalue weighted by Gasteiger charge is -2.30. The quantitative estimate of drug-likeness (QED) is 0.598. The molecule has 2 N–H and O–H groups in total. The van der Waals surface area contributed by atoms with Gasteiger partial charge in [0.1, 0.15) is 0 Å². The van der Waals surface area contributed by atoms with Crippen LogP contribution < -0.4 is 15.4 Å². The first-order valence-electron chi connectivity index (χ1n) is 10.4. The molecule has 0 bridgehead atoms. The number of nitrogens with one attached hydrogen (secondary N) is 2. The number of rotatable bonds is 10. The minimum atomic E-state index is -0.504. The fourth-order valence-electron chi connectivity index (χ4n) is 3.50. The van der Waals surface area contributed by atoms with E-state index in [0.29, 0.717) is 30.0 Å². The van der Waals surface area contributed by atoms with Gasteiger partial charge in [0.2, 0.25) is 17.7 Å². The van der Waals surface area contributed by atoms with Gasteiger partial charge in [0, 0.05) is 37.2 Å². The predicted molar refractivity (Wildman–Crippen MR) is 105 cm³/mol. The first-order chi connectivity index (χ1) is 13.5. The Morgan fingerprint density at radius 2 is 2.00 bits per heavy atom. The van der Waals surface area contributed by atoms with Gasteiger partial charge < -0.3 is 20.1 Å². The molecule has 156 valence electrons. The first kappa shape index (κ1) is 21.0. The Balaban J connectivity index is 1.34. The van der Waals surface area contributed by atoms with Gasteiger partial charge in [-0.05, 0) is 57.4 Å². The zero-order chi connectivity index (χ0) is 19.9. The molecular formula is C21H32FN3O3. The van der Waals surface area contributed by atoms with Crippen molar-refractivity contribution in [2.75, 3.05) is 13.2 Å². The summed E-state index contributed by atoms with van der Waals surface area (Å²) in [6, 6.07) is 4.00. The number of halogens is 1. The molecule has 1 aromatic rings. The lowest BCUT2D eigenvalue weighted by molar-refractivity contribution is -0.119. The molecule has 2 aliphatic carbocycles. The minimum absolute atomic E-state index is 0.00404. The van der Waals surface area contributed by atoms with E-state index in [0.717, 1.165) is 32.2 Å². The lowest BCUT2D eigenvalue weighted by Crippen LogP contribution is -2.44. The van der Waals surface area contributed by atoms with Crippen molar-refractivity contribution >= 4 is 5.91 Å². The monoisotopic (exact) mass is 393 g/mol. The molecule has 3 rings (SSSR count). The third kappa shape index (κ3) is 7.02. The highest BCUT2D eigenvalue weighted by molar-refractivity contribution is 5.73. The Labute approximate surface area is 166 Å². The summed E-state index contributed by atoms with van der Waals surface area (Å²) >= 11 is 0. The molecule has 0 unspecified atom stereocenters. The molecule has 0 aromatic carbocycles. The molecule has 1 aromatic heterocycles. The van der Waals surface area contributed by atoms with Crippen LogP contribution >= 0.6 is 0 Å². The van der Waals surface area contributed by atoms with Gasteiger partial charge in [-0.2, -0.15) is 9.37 Å². The van der Waals surface area contributed by atoms with Crippen LogP contribution in [0.4, 0.5) is 4.39 Å². The molecule has 0 radical (unpaired) electrons. The van der Waals surface area contributed by atoms with Crippen molar-refractivity contribution in [3.8, 4) is 5.88 Å². The smallest absolute Gasteiger partial charge is 0.221 e. The van der Waals surface area contributed by atoms with Crippen molar-refractivity contribution in [2.24, 2.45) is 5.92 Å². The van der Waals surface area contributed by atoms with E-state index in [1.807, 2.05) is 6.92 Å². The summed E-state index contributed by atoms with van der Waals surface area (Å²) in [6.45, 7) is 5.16. The summed E-state index contributed by atoms with van der Waals surface area (Å²) in [5.74, 6) is 0.463. The number of carbonyl (C=O) groups is 1. The molecule has 2 saturated carbocycles. The second-order valence-corrected chi connectivity index (χ2v) is 8.15. The van der Waals surface area contributed by atoms with Crippen molar-refractivity contribution in [1.29, 1.82) is 0 Å². The molecule has 7 heteroatoms. The number of pyridine rings is 1. The molecule has 0 saturated heterocycles. The van der Waals surface area contributed by atoms with Crippen LogP contribution in [0.25, 0.3) is 0 Å². The zero-order valence-electron chi connectivity index (χ0n) is 16.9. The van der Waals surface area contributed by atoms with Crippen LogP contribution in [0.3, 0.4) is 0 Å². The number of aromatic nitrogens is 1. The van der Waals surface area contributed by atoms with E-state index in [1.54, 1.807) is 12.1 Å². The molecule has 1 atom stereocenters. The number of hydrogen-bond donors (Lipinski definition) is 2. The van der Waals surface area contributed by atoms with Gasteiger partial charge in [-0.1, -0.05) is 0 Å². The summed E-state index contributed by atoms with van der Waals surface area (Å²) in [7, 11) is 0. The molecule has 2 fully saturated rings. The summed E-state index contributed by atoms with van der Waals surface area (Å²) < 4.78 is 25.6. The van der Waals surface area contributed by atoms with E-state index in [-0.39, 0.29) is 24.7 Å². The molecule has 1 amide bonds. The highest BCUT2D eigenvalue weighted by Gasteiger charge is 2.23. The maximum Gasteiger partial charge on any atom is 0.221 e. The lowest BCUT2D eigenvalue weighted by atomic mass is 9.93. The van der Waals surface area contributed by atoms with Gasteiger partial charge in [-0.3, -0.25) is 4.79 Å². The minimum Gasteiger partial charge on any atom is -0.477 e. The normalized spacial score (nSPS) is 23.2. The fraction of sp³-hybridized carbons (Fsp3) is 0.714. The molecule has 28 heavy (non-hydrogen) atoms.